The van der Waals surface area contributed by atoms with Crippen LogP contribution in [0.15, 0.2) is 54.6 Å². The number of para-hydroxylation sites is 1. The molecule has 330 valence electrons. The summed E-state index contributed by atoms with van der Waals surface area (Å²) in [5, 5.41) is 26.3. The number of carbonyl (C=O) groups excluding carboxylic acids is 8. The highest BCUT2D eigenvalue weighted by molar-refractivity contribution is 5.97. The lowest BCUT2D eigenvalue weighted by atomic mass is 9.95. The molecule has 0 aliphatic rings. The van der Waals surface area contributed by atoms with Gasteiger partial charge in [-0.15, -0.1) is 0 Å². The molecular weight excluding hydrogens is 775 g/mol. The molecule has 0 unspecified atom stereocenters. The number of aldehydes is 1. The summed E-state index contributed by atoms with van der Waals surface area (Å²) >= 11 is 0. The van der Waals surface area contributed by atoms with Gasteiger partial charge >= 0.3 is 5.97 Å². The van der Waals surface area contributed by atoms with Crippen LogP contribution >= 0.6 is 0 Å². The van der Waals surface area contributed by atoms with E-state index in [9.17, 15) is 43.5 Å². The second-order valence-electron chi connectivity index (χ2n) is 15.0. The Morgan fingerprint density at radius 3 is 1.63 bits per heavy atom. The van der Waals surface area contributed by atoms with Crippen LogP contribution in [0, 0.1) is 17.8 Å². The molecule has 6 amide bonds. The van der Waals surface area contributed by atoms with Crippen molar-refractivity contribution in [3.63, 3.8) is 0 Å². The Balaban J connectivity index is 2.28. The van der Waals surface area contributed by atoms with Crippen LogP contribution in [-0.2, 0) is 40.0 Å². The summed E-state index contributed by atoms with van der Waals surface area (Å²) < 4.78 is 5.52. The molecule has 0 aliphatic carbocycles. The van der Waals surface area contributed by atoms with Crippen LogP contribution in [0.4, 0.5) is 0 Å². The largest absolute Gasteiger partial charge is 0.424 e. The standard InChI is InChI=1S/C43H63N7O10/c1-8-25(4)35(49-39(55)31(45-7)22-28-16-12-11-13-17-28)41(57)47-32(24-52)40(56)46-30(20-21-34(44)53)38(54)48-36(26(5)9-2)42(58)50-37(27(6)10-3)43(59)60-33-19-15-14-18-29(33)23-51/h11-19,23,25-27,30-32,35-37,45,52H,8-10,20-22,24H2,1-7H3,(H2,44,53)(H,46,56)(H,47,57)(H,48,54)(H,49,55)(H,50,58)/t25-,26+,27-,30+,31+,32-,35-,36+,37-/m0/s1. The van der Waals surface area contributed by atoms with Gasteiger partial charge in [0, 0.05) is 6.42 Å². The molecule has 0 saturated heterocycles. The third-order valence-electron chi connectivity index (χ3n) is 10.7. The van der Waals surface area contributed by atoms with E-state index < -0.39 is 102 Å². The topological polar surface area (TPSA) is 264 Å². The predicted octanol–water partition coefficient (Wildman–Crippen LogP) is 1.06. The summed E-state index contributed by atoms with van der Waals surface area (Å²) in [4.78, 5) is 105. The quantitative estimate of drug-likeness (QED) is 0.0377. The van der Waals surface area contributed by atoms with Gasteiger partial charge in [-0.05, 0) is 55.3 Å². The van der Waals surface area contributed by atoms with Crippen LogP contribution in [0.5, 0.6) is 5.75 Å². The first kappa shape index (κ1) is 50.5. The zero-order valence-corrected chi connectivity index (χ0v) is 35.6. The van der Waals surface area contributed by atoms with E-state index in [1.54, 1.807) is 46.9 Å². The monoisotopic (exact) mass is 837 g/mol. The number of amides is 6. The lowest BCUT2D eigenvalue weighted by molar-refractivity contribution is -0.142. The predicted molar refractivity (Wildman–Crippen MR) is 224 cm³/mol. The number of likely N-dealkylation sites (N-methyl/N-ethyl adjacent to an activating group) is 1. The minimum atomic E-state index is -1.59. The Morgan fingerprint density at radius 1 is 0.650 bits per heavy atom. The van der Waals surface area contributed by atoms with E-state index >= 15 is 0 Å². The van der Waals surface area contributed by atoms with Gasteiger partial charge in [0.2, 0.25) is 35.4 Å². The first-order valence-electron chi connectivity index (χ1n) is 20.4. The van der Waals surface area contributed by atoms with Crippen molar-refractivity contribution < 1.29 is 48.2 Å². The van der Waals surface area contributed by atoms with Crippen molar-refractivity contribution in [3.05, 3.63) is 65.7 Å². The summed E-state index contributed by atoms with van der Waals surface area (Å²) in [6.45, 7) is 9.70. The molecule has 0 spiro atoms. The Kier molecular flexibility index (Phi) is 21.6. The molecule has 2 aromatic rings. The first-order chi connectivity index (χ1) is 28.5. The number of carbonyl (C=O) groups is 8. The SMILES string of the molecule is CC[C@@H](C)[C@@H](NC(=O)[C@@H](CCC(N)=O)NC(=O)[C@H](CO)NC(=O)[C@@H](NC(=O)[C@@H](Cc1ccccc1)NC)[C@@H](C)CC)C(=O)N[C@H](C(=O)Oc1ccccc1C=O)[C@@H](C)CC. The number of nitrogens with one attached hydrogen (secondary N) is 6. The Morgan fingerprint density at radius 2 is 1.12 bits per heavy atom. The van der Waals surface area contributed by atoms with Gasteiger partial charge in [-0.25, -0.2) is 4.79 Å². The zero-order valence-electron chi connectivity index (χ0n) is 35.6. The van der Waals surface area contributed by atoms with Gasteiger partial charge in [0.25, 0.3) is 0 Å². The van der Waals surface area contributed by atoms with Crippen molar-refractivity contribution in [2.75, 3.05) is 13.7 Å². The highest BCUT2D eigenvalue weighted by atomic mass is 16.5. The fourth-order valence-electron chi connectivity index (χ4n) is 6.13. The Labute approximate surface area is 352 Å². The van der Waals surface area contributed by atoms with Crippen LogP contribution in [-0.4, -0.2) is 103 Å². The molecule has 0 heterocycles. The van der Waals surface area contributed by atoms with Crippen molar-refractivity contribution in [2.24, 2.45) is 23.5 Å². The van der Waals surface area contributed by atoms with Crippen molar-refractivity contribution in [2.45, 2.75) is 116 Å². The van der Waals surface area contributed by atoms with E-state index in [1.165, 1.54) is 12.1 Å². The molecule has 9 atom stereocenters. The van der Waals surface area contributed by atoms with Gasteiger partial charge in [-0.1, -0.05) is 103 Å². The van der Waals surface area contributed by atoms with E-state index in [0.717, 1.165) is 5.56 Å². The van der Waals surface area contributed by atoms with E-state index in [4.69, 9.17) is 10.5 Å². The van der Waals surface area contributed by atoms with Crippen LogP contribution in [0.3, 0.4) is 0 Å². The fraction of sp³-hybridized carbons (Fsp3) is 0.535. The third kappa shape index (κ3) is 15.5. The van der Waals surface area contributed by atoms with Crippen molar-refractivity contribution in [3.8, 4) is 5.75 Å². The van der Waals surface area contributed by atoms with Gasteiger partial charge < -0.3 is 47.5 Å². The van der Waals surface area contributed by atoms with E-state index in [0.29, 0.717) is 32.0 Å². The minimum absolute atomic E-state index is 0.0126. The van der Waals surface area contributed by atoms with Crippen molar-refractivity contribution in [1.29, 1.82) is 0 Å². The number of ether oxygens (including phenoxy) is 1. The van der Waals surface area contributed by atoms with Crippen molar-refractivity contribution in [1.82, 2.24) is 31.9 Å². The Bertz CT molecular complexity index is 1760. The summed E-state index contributed by atoms with van der Waals surface area (Å²) in [6, 6.07) is 8.15. The van der Waals surface area contributed by atoms with Gasteiger partial charge in [-0.3, -0.25) is 33.6 Å². The number of esters is 1. The maximum absolute atomic E-state index is 13.9. The Hall–Kier alpha value is -5.68. The maximum atomic E-state index is 13.9. The maximum Gasteiger partial charge on any atom is 0.334 e. The number of nitrogens with two attached hydrogens (primary N) is 1. The normalized spacial score (nSPS) is 15.5. The number of aliphatic hydroxyl groups excluding tert-OH is 1. The molecule has 0 radical (unpaired) electrons. The second-order valence-corrected chi connectivity index (χ2v) is 15.0. The lowest BCUT2D eigenvalue weighted by Gasteiger charge is -2.30. The molecule has 0 fully saturated rings. The molecule has 2 rings (SSSR count). The number of rotatable bonds is 26. The van der Waals surface area contributed by atoms with Crippen LogP contribution in [0.2, 0.25) is 0 Å². The van der Waals surface area contributed by atoms with Gasteiger partial charge in [0.1, 0.15) is 36.0 Å². The lowest BCUT2D eigenvalue weighted by Crippen LogP contribution is -2.61. The van der Waals surface area contributed by atoms with E-state index in [1.807, 2.05) is 44.2 Å². The number of primary amides is 1. The number of aliphatic hydroxyl groups is 1. The van der Waals surface area contributed by atoms with Gasteiger partial charge in [-0.2, -0.15) is 0 Å². The molecule has 0 aliphatic heterocycles. The average molecular weight is 838 g/mol. The summed E-state index contributed by atoms with van der Waals surface area (Å²) in [5.41, 5.74) is 6.42. The second kappa shape index (κ2) is 25.7. The molecule has 9 N–H and O–H groups in total. The highest BCUT2D eigenvalue weighted by Gasteiger charge is 2.36. The molecule has 0 saturated carbocycles. The van der Waals surface area contributed by atoms with Crippen LogP contribution < -0.4 is 42.4 Å². The van der Waals surface area contributed by atoms with E-state index in [2.05, 4.69) is 31.9 Å². The molecular formula is C43H63N7O10. The fourth-order valence-corrected chi connectivity index (χ4v) is 6.13. The van der Waals surface area contributed by atoms with Gasteiger partial charge in [0.15, 0.2) is 6.29 Å². The van der Waals surface area contributed by atoms with E-state index in [-0.39, 0.29) is 24.2 Å². The average Bonchev–Trinajstić information content (AvgIpc) is 3.25. The molecule has 2 aromatic carbocycles. The van der Waals surface area contributed by atoms with Crippen LogP contribution in [0.1, 0.15) is 89.6 Å². The van der Waals surface area contributed by atoms with Gasteiger partial charge in [0.05, 0.1) is 18.2 Å². The molecule has 17 nitrogen and oxygen atoms in total. The molecule has 17 heteroatoms. The molecule has 60 heavy (non-hydrogen) atoms. The molecule has 0 bridgehead atoms. The number of hydrogen-bond donors (Lipinski definition) is 8. The highest BCUT2D eigenvalue weighted by Crippen LogP contribution is 2.19. The zero-order chi connectivity index (χ0) is 44.9. The smallest absolute Gasteiger partial charge is 0.334 e. The van der Waals surface area contributed by atoms with Crippen LogP contribution in [0.25, 0.3) is 0 Å². The minimum Gasteiger partial charge on any atom is -0.424 e. The first-order valence-corrected chi connectivity index (χ1v) is 20.4. The molecule has 0 aromatic heterocycles. The number of benzene rings is 2. The van der Waals surface area contributed by atoms with Crippen molar-refractivity contribution >= 4 is 47.7 Å². The summed E-state index contributed by atoms with van der Waals surface area (Å²) in [6.07, 6.45) is 1.56. The summed E-state index contributed by atoms with van der Waals surface area (Å²) in [5.74, 6) is -6.72. The number of hydrogen-bond acceptors (Lipinski definition) is 11. The summed E-state index contributed by atoms with van der Waals surface area (Å²) in [7, 11) is 1.62. The third-order valence-corrected chi connectivity index (χ3v) is 10.7.